The molecule has 0 radical (unpaired) electrons. The maximum Gasteiger partial charge on any atom is 0.244 e. The first-order chi connectivity index (χ1) is 12.6. The molecule has 0 aliphatic heterocycles. The van der Waals surface area contributed by atoms with Crippen molar-refractivity contribution in [2.75, 3.05) is 6.61 Å². The number of amides is 1. The number of hydrogen-bond donors (Lipinski definition) is 1. The van der Waals surface area contributed by atoms with Crippen LogP contribution in [0.1, 0.15) is 55.8 Å². The molecular weight excluding hydrogens is 322 g/mol. The molecule has 2 rings (SSSR count). The Morgan fingerprint density at radius 1 is 1.08 bits per heavy atom. The van der Waals surface area contributed by atoms with E-state index in [1.807, 2.05) is 49.4 Å². The third kappa shape index (κ3) is 6.75. The van der Waals surface area contributed by atoms with E-state index in [2.05, 4.69) is 31.3 Å². The van der Waals surface area contributed by atoms with Crippen LogP contribution in [-0.4, -0.2) is 12.5 Å². The van der Waals surface area contributed by atoms with Crippen molar-refractivity contribution in [2.45, 2.75) is 46.1 Å². The van der Waals surface area contributed by atoms with Gasteiger partial charge in [-0.25, -0.2) is 0 Å². The maximum absolute atomic E-state index is 12.1. The number of rotatable bonds is 9. The predicted octanol–water partition coefficient (Wildman–Crippen LogP) is 5.45. The number of carbonyl (C=O) groups excluding carboxylic acids is 1. The summed E-state index contributed by atoms with van der Waals surface area (Å²) in [6.45, 7) is 6.97. The molecule has 1 atom stereocenters. The molecule has 0 bridgehead atoms. The molecule has 0 aromatic heterocycles. The number of ether oxygens (including phenoxy) is 1. The zero-order valence-electron chi connectivity index (χ0n) is 16.0. The van der Waals surface area contributed by atoms with Crippen LogP contribution in [0.2, 0.25) is 0 Å². The highest BCUT2D eigenvalue weighted by atomic mass is 16.5. The van der Waals surface area contributed by atoms with E-state index in [0.717, 1.165) is 29.9 Å². The lowest BCUT2D eigenvalue weighted by Gasteiger charge is -2.13. The molecule has 26 heavy (non-hydrogen) atoms. The summed E-state index contributed by atoms with van der Waals surface area (Å²) in [6.07, 6.45) is 6.85. The van der Waals surface area contributed by atoms with E-state index in [1.165, 1.54) is 18.4 Å². The number of carbonyl (C=O) groups is 1. The van der Waals surface area contributed by atoms with Crippen molar-refractivity contribution < 1.29 is 9.53 Å². The topological polar surface area (TPSA) is 38.3 Å². The van der Waals surface area contributed by atoms with E-state index in [-0.39, 0.29) is 11.9 Å². The van der Waals surface area contributed by atoms with Crippen LogP contribution in [0.3, 0.4) is 0 Å². The van der Waals surface area contributed by atoms with Crippen molar-refractivity contribution in [2.24, 2.45) is 0 Å². The smallest absolute Gasteiger partial charge is 0.244 e. The molecule has 2 aromatic rings. The summed E-state index contributed by atoms with van der Waals surface area (Å²) in [7, 11) is 0. The largest absolute Gasteiger partial charge is 0.494 e. The minimum absolute atomic E-state index is 0.0216. The molecule has 0 aliphatic carbocycles. The normalized spacial score (nSPS) is 12.1. The Hall–Kier alpha value is -2.55. The average molecular weight is 351 g/mol. The van der Waals surface area contributed by atoms with Gasteiger partial charge in [-0.1, -0.05) is 61.7 Å². The van der Waals surface area contributed by atoms with Crippen molar-refractivity contribution in [1.82, 2.24) is 5.32 Å². The van der Waals surface area contributed by atoms with Crippen LogP contribution in [0.4, 0.5) is 0 Å². The quantitative estimate of drug-likeness (QED) is 0.481. The zero-order valence-corrected chi connectivity index (χ0v) is 16.0. The minimum Gasteiger partial charge on any atom is -0.494 e. The van der Waals surface area contributed by atoms with Gasteiger partial charge in [0.1, 0.15) is 5.75 Å². The van der Waals surface area contributed by atoms with E-state index >= 15 is 0 Å². The maximum atomic E-state index is 12.1. The van der Waals surface area contributed by atoms with E-state index in [1.54, 1.807) is 6.08 Å². The third-order valence-electron chi connectivity index (χ3n) is 4.26. The van der Waals surface area contributed by atoms with Crippen LogP contribution >= 0.6 is 0 Å². The first kappa shape index (κ1) is 19.8. The van der Waals surface area contributed by atoms with Crippen molar-refractivity contribution in [1.29, 1.82) is 0 Å². The summed E-state index contributed by atoms with van der Waals surface area (Å²) in [5.74, 6) is 0.772. The second-order valence-electron chi connectivity index (χ2n) is 6.60. The molecule has 0 saturated carbocycles. The molecule has 0 saturated heterocycles. The average Bonchev–Trinajstić information content (AvgIpc) is 2.65. The first-order valence-electron chi connectivity index (χ1n) is 9.36. The molecule has 0 unspecified atom stereocenters. The van der Waals surface area contributed by atoms with Gasteiger partial charge in [0.25, 0.3) is 0 Å². The molecule has 2 aromatic carbocycles. The lowest BCUT2D eigenvalue weighted by atomic mass is 10.1. The molecular formula is C23H29NO2. The molecule has 1 N–H and O–H groups in total. The van der Waals surface area contributed by atoms with Gasteiger partial charge in [0.2, 0.25) is 5.91 Å². The van der Waals surface area contributed by atoms with E-state index in [0.29, 0.717) is 0 Å². The van der Waals surface area contributed by atoms with E-state index in [4.69, 9.17) is 4.74 Å². The van der Waals surface area contributed by atoms with Gasteiger partial charge in [0.15, 0.2) is 0 Å². The van der Waals surface area contributed by atoms with Gasteiger partial charge in [-0.05, 0) is 49.6 Å². The Balaban J connectivity index is 1.82. The predicted molar refractivity (Wildman–Crippen MR) is 108 cm³/mol. The highest BCUT2D eigenvalue weighted by molar-refractivity contribution is 5.91. The van der Waals surface area contributed by atoms with Gasteiger partial charge in [0, 0.05) is 6.08 Å². The number of nitrogens with one attached hydrogen (secondary N) is 1. The zero-order chi connectivity index (χ0) is 18.8. The van der Waals surface area contributed by atoms with Crippen molar-refractivity contribution in [3.05, 3.63) is 71.3 Å². The van der Waals surface area contributed by atoms with Crippen molar-refractivity contribution in [3.63, 3.8) is 0 Å². The van der Waals surface area contributed by atoms with Gasteiger partial charge in [-0.2, -0.15) is 0 Å². The van der Waals surface area contributed by atoms with Crippen LogP contribution in [0.5, 0.6) is 5.75 Å². The molecule has 138 valence electrons. The Kier molecular flexibility index (Phi) is 7.94. The lowest BCUT2D eigenvalue weighted by Crippen LogP contribution is -2.24. The van der Waals surface area contributed by atoms with Gasteiger partial charge < -0.3 is 10.1 Å². The molecule has 0 spiro atoms. The molecule has 0 fully saturated rings. The number of unbranched alkanes of at least 4 members (excludes halogenated alkanes) is 2. The minimum atomic E-state index is -0.0991. The second-order valence-corrected chi connectivity index (χ2v) is 6.60. The number of benzene rings is 2. The van der Waals surface area contributed by atoms with Crippen LogP contribution in [-0.2, 0) is 4.79 Å². The van der Waals surface area contributed by atoms with Gasteiger partial charge >= 0.3 is 0 Å². The van der Waals surface area contributed by atoms with Crippen molar-refractivity contribution >= 4 is 12.0 Å². The summed E-state index contributed by atoms with van der Waals surface area (Å²) in [5, 5.41) is 2.99. The summed E-state index contributed by atoms with van der Waals surface area (Å²) in [4.78, 5) is 12.1. The van der Waals surface area contributed by atoms with Crippen LogP contribution in [0.25, 0.3) is 6.08 Å². The summed E-state index contributed by atoms with van der Waals surface area (Å²) in [5.41, 5.74) is 3.29. The van der Waals surface area contributed by atoms with E-state index in [9.17, 15) is 4.79 Å². The molecule has 3 heteroatoms. The second kappa shape index (κ2) is 10.4. The van der Waals surface area contributed by atoms with Gasteiger partial charge in [-0.15, -0.1) is 0 Å². The summed E-state index contributed by atoms with van der Waals surface area (Å²) in [6, 6.07) is 16.0. The lowest BCUT2D eigenvalue weighted by molar-refractivity contribution is -0.117. The van der Waals surface area contributed by atoms with Gasteiger partial charge in [-0.3, -0.25) is 4.79 Å². The van der Waals surface area contributed by atoms with Crippen LogP contribution < -0.4 is 10.1 Å². The fourth-order valence-electron chi connectivity index (χ4n) is 2.59. The highest BCUT2D eigenvalue weighted by Crippen LogP contribution is 2.15. The fraction of sp³-hybridized carbons (Fsp3) is 0.348. The monoisotopic (exact) mass is 351 g/mol. The molecule has 0 heterocycles. The van der Waals surface area contributed by atoms with Crippen LogP contribution in [0, 0.1) is 6.92 Å². The Morgan fingerprint density at radius 2 is 1.77 bits per heavy atom. The Labute approximate surface area is 157 Å². The summed E-state index contributed by atoms with van der Waals surface area (Å²) >= 11 is 0. The highest BCUT2D eigenvalue weighted by Gasteiger charge is 2.06. The number of hydrogen-bond acceptors (Lipinski definition) is 2. The van der Waals surface area contributed by atoms with Crippen LogP contribution in [0.15, 0.2) is 54.6 Å². The summed E-state index contributed by atoms with van der Waals surface area (Å²) < 4.78 is 5.70. The Morgan fingerprint density at radius 3 is 2.42 bits per heavy atom. The first-order valence-corrected chi connectivity index (χ1v) is 9.36. The third-order valence-corrected chi connectivity index (χ3v) is 4.26. The fourth-order valence-corrected chi connectivity index (χ4v) is 2.59. The van der Waals surface area contributed by atoms with E-state index < -0.39 is 0 Å². The van der Waals surface area contributed by atoms with Gasteiger partial charge in [0.05, 0.1) is 12.6 Å². The Bertz CT molecular complexity index is 702. The molecule has 3 nitrogen and oxygen atoms in total. The number of aryl methyl sites for hydroxylation is 1. The SMILES string of the molecule is CCCCCOc1ccc(/C=C/C(=O)N[C@@H](C)c2ccc(C)cc2)cc1. The standard InChI is InChI=1S/C23H29NO2/c1-4-5-6-17-26-22-14-9-20(10-15-22)11-16-23(25)24-19(3)21-12-7-18(2)8-13-21/h7-16,19H,4-6,17H2,1-3H3,(H,24,25)/b16-11+/t19-/m0/s1. The van der Waals surface area contributed by atoms with Crippen molar-refractivity contribution in [3.8, 4) is 5.75 Å². The molecule has 0 aliphatic rings. The molecule has 1 amide bonds.